The van der Waals surface area contributed by atoms with Gasteiger partial charge in [0.15, 0.2) is 0 Å². The van der Waals surface area contributed by atoms with Crippen LogP contribution in [-0.2, 0) is 20.7 Å². The first-order valence-corrected chi connectivity index (χ1v) is 18.9. The monoisotopic (exact) mass is 684 g/mol. The highest BCUT2D eigenvalue weighted by Gasteiger charge is 2.38. The molecule has 3 atom stereocenters. The first-order valence-electron chi connectivity index (χ1n) is 18.9. The lowest BCUT2D eigenvalue weighted by Gasteiger charge is -2.31. The van der Waals surface area contributed by atoms with Gasteiger partial charge in [0, 0.05) is 0 Å². The van der Waals surface area contributed by atoms with Crippen molar-refractivity contribution >= 4 is 17.9 Å². The maximum absolute atomic E-state index is 13.6. The van der Waals surface area contributed by atoms with Crippen LogP contribution in [0, 0.1) is 5.92 Å². The molecule has 0 heterocycles. The second kappa shape index (κ2) is 21.2. The minimum Gasteiger partial charge on any atom is -0.494 e. The molecule has 7 nitrogen and oxygen atoms in total. The molecule has 50 heavy (non-hydrogen) atoms. The van der Waals surface area contributed by atoms with Gasteiger partial charge in [-0.25, -0.2) is 9.59 Å². The molecule has 4 rings (SSSR count). The standard InChI is InChI=1S/C43H56O7/c1-4-6-8-10-11-12-13-17-31-47-36-26-28-37(29-27-36)49-43(46)39-30-25-33-19-15-16-20-38(33)40(39)50-42(45)35-23-21-34(22-24-35)41(44)48-32(3)18-14-9-7-5-2/h15-16,19-24,26-29,32,39-40H,4-14,17-18,25,30-31H2,1-3H3/t32-,39?,40?/m1/s1. The van der Waals surface area contributed by atoms with Crippen molar-refractivity contribution in [3.05, 3.63) is 95.1 Å². The number of hydrogen-bond acceptors (Lipinski definition) is 7. The predicted octanol–water partition coefficient (Wildman–Crippen LogP) is 10.8. The van der Waals surface area contributed by atoms with Crippen molar-refractivity contribution in [2.75, 3.05) is 6.61 Å². The Hall–Kier alpha value is -4.13. The van der Waals surface area contributed by atoms with Gasteiger partial charge in [0.05, 0.1) is 29.8 Å². The number of rotatable bonds is 21. The number of esters is 3. The minimum atomic E-state index is -0.813. The van der Waals surface area contributed by atoms with E-state index in [0.717, 1.165) is 55.4 Å². The Morgan fingerprint density at radius 3 is 1.94 bits per heavy atom. The summed E-state index contributed by atoms with van der Waals surface area (Å²) in [4.78, 5) is 39.7. The number of aryl methyl sites for hydroxylation is 1. The molecule has 1 aliphatic rings. The zero-order valence-electron chi connectivity index (χ0n) is 30.3. The van der Waals surface area contributed by atoms with Crippen molar-refractivity contribution in [2.45, 2.75) is 129 Å². The van der Waals surface area contributed by atoms with E-state index in [1.807, 2.05) is 43.3 Å². The molecular weight excluding hydrogens is 628 g/mol. The van der Waals surface area contributed by atoms with Gasteiger partial charge in [-0.3, -0.25) is 4.79 Å². The van der Waals surface area contributed by atoms with Crippen molar-refractivity contribution in [1.82, 2.24) is 0 Å². The molecule has 2 unspecified atom stereocenters. The van der Waals surface area contributed by atoms with E-state index in [9.17, 15) is 14.4 Å². The van der Waals surface area contributed by atoms with Crippen LogP contribution in [-0.4, -0.2) is 30.6 Å². The topological polar surface area (TPSA) is 88.1 Å². The largest absolute Gasteiger partial charge is 0.494 e. The summed E-state index contributed by atoms with van der Waals surface area (Å²) in [7, 11) is 0. The molecule has 0 radical (unpaired) electrons. The van der Waals surface area contributed by atoms with Crippen molar-refractivity contribution < 1.29 is 33.3 Å². The number of hydrogen-bond donors (Lipinski definition) is 0. The third kappa shape index (κ3) is 12.3. The van der Waals surface area contributed by atoms with E-state index in [1.165, 1.54) is 44.9 Å². The summed E-state index contributed by atoms with van der Waals surface area (Å²) in [6, 6.07) is 21.1. The highest BCUT2D eigenvalue weighted by atomic mass is 16.6. The van der Waals surface area contributed by atoms with Crippen molar-refractivity contribution in [2.24, 2.45) is 5.92 Å². The van der Waals surface area contributed by atoms with Crippen LogP contribution in [0.2, 0.25) is 0 Å². The second-order valence-electron chi connectivity index (χ2n) is 13.5. The third-order valence-electron chi connectivity index (χ3n) is 9.43. The van der Waals surface area contributed by atoms with Gasteiger partial charge in [-0.15, -0.1) is 0 Å². The van der Waals surface area contributed by atoms with Gasteiger partial charge in [-0.2, -0.15) is 0 Å². The van der Waals surface area contributed by atoms with Crippen LogP contribution in [0.25, 0.3) is 0 Å². The average molecular weight is 685 g/mol. The first-order chi connectivity index (χ1) is 24.4. The van der Waals surface area contributed by atoms with Gasteiger partial charge in [-0.05, 0) is 98.7 Å². The highest BCUT2D eigenvalue weighted by Crippen LogP contribution is 2.39. The fourth-order valence-electron chi connectivity index (χ4n) is 6.42. The lowest BCUT2D eigenvalue weighted by Crippen LogP contribution is -2.33. The molecule has 0 saturated heterocycles. The van der Waals surface area contributed by atoms with Crippen molar-refractivity contribution in [3.63, 3.8) is 0 Å². The predicted molar refractivity (Wildman–Crippen MR) is 197 cm³/mol. The minimum absolute atomic E-state index is 0.178. The molecule has 270 valence electrons. The molecule has 0 aliphatic heterocycles. The Balaban J connectivity index is 1.31. The summed E-state index contributed by atoms with van der Waals surface area (Å²) in [6.07, 6.45) is 15.4. The summed E-state index contributed by atoms with van der Waals surface area (Å²) >= 11 is 0. The van der Waals surface area contributed by atoms with E-state index in [0.29, 0.717) is 30.8 Å². The van der Waals surface area contributed by atoms with E-state index in [1.54, 1.807) is 36.4 Å². The fourth-order valence-corrected chi connectivity index (χ4v) is 6.42. The number of fused-ring (bicyclic) bond motifs is 1. The lowest BCUT2D eigenvalue weighted by molar-refractivity contribution is -0.144. The van der Waals surface area contributed by atoms with Gasteiger partial charge in [-0.1, -0.05) is 102 Å². The summed E-state index contributed by atoms with van der Waals surface area (Å²) in [5.41, 5.74) is 2.49. The molecule has 3 aromatic rings. The molecular formula is C43H56O7. The molecule has 0 aromatic heterocycles. The van der Waals surface area contributed by atoms with E-state index in [4.69, 9.17) is 18.9 Å². The van der Waals surface area contributed by atoms with Crippen molar-refractivity contribution in [1.29, 1.82) is 0 Å². The Kier molecular flexibility index (Phi) is 16.4. The highest BCUT2D eigenvalue weighted by molar-refractivity contribution is 5.93. The zero-order valence-corrected chi connectivity index (χ0v) is 30.3. The molecule has 7 heteroatoms. The Bertz CT molecular complexity index is 1460. The summed E-state index contributed by atoms with van der Waals surface area (Å²) < 4.78 is 23.4. The van der Waals surface area contributed by atoms with Gasteiger partial charge in [0.2, 0.25) is 0 Å². The van der Waals surface area contributed by atoms with Gasteiger partial charge in [0.25, 0.3) is 0 Å². The molecule has 0 bridgehead atoms. The summed E-state index contributed by atoms with van der Waals surface area (Å²) in [6.45, 7) is 6.97. The molecule has 3 aromatic carbocycles. The quantitative estimate of drug-likeness (QED) is 0.0627. The van der Waals surface area contributed by atoms with Crippen molar-refractivity contribution in [3.8, 4) is 11.5 Å². The van der Waals surface area contributed by atoms with Gasteiger partial charge in [0.1, 0.15) is 17.6 Å². The molecule has 0 fully saturated rings. The van der Waals surface area contributed by atoms with Gasteiger partial charge >= 0.3 is 17.9 Å². The Morgan fingerprint density at radius 1 is 0.680 bits per heavy atom. The van der Waals surface area contributed by atoms with E-state index < -0.39 is 29.9 Å². The Labute approximate surface area is 299 Å². The molecule has 0 saturated carbocycles. The molecule has 1 aliphatic carbocycles. The van der Waals surface area contributed by atoms with Crippen LogP contribution in [0.1, 0.15) is 149 Å². The molecule has 0 spiro atoms. The number of carbonyl (C=O) groups excluding carboxylic acids is 3. The lowest BCUT2D eigenvalue weighted by atomic mass is 9.81. The number of ether oxygens (including phenoxy) is 4. The summed E-state index contributed by atoms with van der Waals surface area (Å²) in [5.74, 6) is -0.975. The van der Waals surface area contributed by atoms with Crippen LogP contribution >= 0.6 is 0 Å². The van der Waals surface area contributed by atoms with Crippen LogP contribution in [0.15, 0.2) is 72.8 Å². The number of carbonyl (C=O) groups is 3. The second-order valence-corrected chi connectivity index (χ2v) is 13.5. The van der Waals surface area contributed by atoms with Crippen LogP contribution in [0.4, 0.5) is 0 Å². The van der Waals surface area contributed by atoms with Crippen LogP contribution < -0.4 is 9.47 Å². The SMILES string of the molecule is CCCCCCCCCCOc1ccc(OC(=O)C2CCc3ccccc3C2OC(=O)c2ccc(C(=O)O[C@H](C)CCCCCC)cc2)cc1. The first kappa shape index (κ1) is 38.7. The summed E-state index contributed by atoms with van der Waals surface area (Å²) in [5, 5.41) is 0. The van der Waals surface area contributed by atoms with E-state index >= 15 is 0 Å². The smallest absolute Gasteiger partial charge is 0.338 e. The Morgan fingerprint density at radius 2 is 1.26 bits per heavy atom. The normalized spacial score (nSPS) is 15.8. The maximum atomic E-state index is 13.6. The maximum Gasteiger partial charge on any atom is 0.338 e. The van der Waals surface area contributed by atoms with Crippen LogP contribution in [0.5, 0.6) is 11.5 Å². The molecule has 0 N–H and O–H groups in total. The third-order valence-corrected chi connectivity index (χ3v) is 9.43. The number of benzene rings is 3. The van der Waals surface area contributed by atoms with Crippen LogP contribution in [0.3, 0.4) is 0 Å². The van der Waals surface area contributed by atoms with E-state index in [2.05, 4.69) is 13.8 Å². The zero-order chi connectivity index (χ0) is 35.6. The average Bonchev–Trinajstić information content (AvgIpc) is 3.13. The van der Waals surface area contributed by atoms with Gasteiger partial charge < -0.3 is 18.9 Å². The number of unbranched alkanes of at least 4 members (excludes halogenated alkanes) is 10. The molecule has 0 amide bonds. The fraction of sp³-hybridized carbons (Fsp3) is 0.512. The van der Waals surface area contributed by atoms with E-state index in [-0.39, 0.29) is 11.7 Å².